The van der Waals surface area contributed by atoms with Gasteiger partial charge >= 0.3 is 0 Å². The lowest BCUT2D eigenvalue weighted by Crippen LogP contribution is -2.16. The fourth-order valence-electron chi connectivity index (χ4n) is 2.28. The third-order valence-electron chi connectivity index (χ3n) is 3.22. The molecule has 0 spiro atoms. The van der Waals surface area contributed by atoms with Gasteiger partial charge in [0.05, 0.1) is 0 Å². The van der Waals surface area contributed by atoms with Crippen LogP contribution in [-0.2, 0) is 0 Å². The molecule has 0 radical (unpaired) electrons. The van der Waals surface area contributed by atoms with E-state index >= 15 is 0 Å². The van der Waals surface area contributed by atoms with E-state index in [4.69, 9.17) is 0 Å². The van der Waals surface area contributed by atoms with Gasteiger partial charge < -0.3 is 0 Å². The van der Waals surface area contributed by atoms with Gasteiger partial charge in [0.1, 0.15) is 0 Å². The lowest BCUT2D eigenvalue weighted by Gasteiger charge is -2.24. The molecule has 0 aromatic carbocycles. The fraction of sp³-hybridized carbons (Fsp3) is 1.00. The molecule has 2 saturated heterocycles. The van der Waals surface area contributed by atoms with Gasteiger partial charge in [0.2, 0.25) is 0 Å². The van der Waals surface area contributed by atoms with Crippen molar-refractivity contribution in [3.05, 3.63) is 0 Å². The Kier molecular flexibility index (Phi) is 6.16. The lowest BCUT2D eigenvalue weighted by molar-refractivity contribution is 0.570. The van der Waals surface area contributed by atoms with Crippen molar-refractivity contribution in [2.24, 2.45) is 11.8 Å². The van der Waals surface area contributed by atoms with E-state index in [1.807, 2.05) is 0 Å². The first-order valence-electron chi connectivity index (χ1n) is 6.18. The molecule has 88 valence electrons. The highest BCUT2D eigenvalue weighted by molar-refractivity contribution is 8.00. The Morgan fingerprint density at radius 2 is 1.40 bits per heavy atom. The molecule has 2 heterocycles. The zero-order valence-electron chi connectivity index (χ0n) is 9.45. The molecule has 2 fully saturated rings. The topological polar surface area (TPSA) is 0 Å². The minimum absolute atomic E-state index is 1.03. The molecular formula is C12H22S3. The van der Waals surface area contributed by atoms with Gasteiger partial charge in [0, 0.05) is 0 Å². The molecule has 2 unspecified atom stereocenters. The highest BCUT2D eigenvalue weighted by Gasteiger charge is 2.16. The van der Waals surface area contributed by atoms with Crippen LogP contribution in [-0.4, -0.2) is 34.5 Å². The van der Waals surface area contributed by atoms with E-state index in [9.17, 15) is 0 Å². The van der Waals surface area contributed by atoms with E-state index < -0.39 is 0 Å². The highest BCUT2D eigenvalue weighted by atomic mass is 32.2. The number of thioether (sulfide) groups is 3. The summed E-state index contributed by atoms with van der Waals surface area (Å²) in [4.78, 5) is 0. The highest BCUT2D eigenvalue weighted by Crippen LogP contribution is 2.29. The maximum absolute atomic E-state index is 2.24. The molecule has 2 rings (SSSR count). The maximum atomic E-state index is 2.24. The van der Waals surface area contributed by atoms with E-state index in [-0.39, 0.29) is 0 Å². The van der Waals surface area contributed by atoms with Crippen molar-refractivity contribution in [1.82, 2.24) is 0 Å². The van der Waals surface area contributed by atoms with Crippen molar-refractivity contribution in [3.8, 4) is 0 Å². The van der Waals surface area contributed by atoms with Gasteiger partial charge in [0.25, 0.3) is 0 Å². The smallest absolute Gasteiger partial charge is 0.00311 e. The van der Waals surface area contributed by atoms with Crippen LogP contribution in [0.5, 0.6) is 0 Å². The van der Waals surface area contributed by atoms with Gasteiger partial charge in [-0.1, -0.05) is 0 Å². The molecule has 0 aromatic rings. The molecule has 3 heteroatoms. The van der Waals surface area contributed by atoms with Gasteiger partial charge in [-0.3, -0.25) is 0 Å². The average Bonchev–Trinajstić information content (AvgIpc) is 2.32. The van der Waals surface area contributed by atoms with Crippen LogP contribution in [0.15, 0.2) is 0 Å². The average molecular weight is 263 g/mol. The van der Waals surface area contributed by atoms with E-state index in [0.29, 0.717) is 0 Å². The Bertz CT molecular complexity index is 142. The largest absolute Gasteiger partial charge is 0.162 e. The Balaban J connectivity index is 1.53. The minimum Gasteiger partial charge on any atom is -0.162 e. The van der Waals surface area contributed by atoms with Crippen molar-refractivity contribution in [2.45, 2.75) is 25.7 Å². The van der Waals surface area contributed by atoms with Crippen LogP contribution in [0.3, 0.4) is 0 Å². The molecule has 0 aliphatic carbocycles. The zero-order chi connectivity index (χ0) is 10.3. The Morgan fingerprint density at radius 3 is 1.80 bits per heavy atom. The fourth-order valence-corrected chi connectivity index (χ4v) is 6.26. The lowest BCUT2D eigenvalue weighted by atomic mass is 10.1. The van der Waals surface area contributed by atoms with Crippen LogP contribution in [0, 0.1) is 11.8 Å². The summed E-state index contributed by atoms with van der Waals surface area (Å²) in [5, 5.41) is 0. The molecule has 0 aromatic heterocycles. The molecular weight excluding hydrogens is 240 g/mol. The van der Waals surface area contributed by atoms with E-state index in [1.54, 1.807) is 0 Å². The minimum atomic E-state index is 1.03. The zero-order valence-corrected chi connectivity index (χ0v) is 11.9. The summed E-state index contributed by atoms with van der Waals surface area (Å²) in [5.41, 5.74) is 0. The normalized spacial score (nSPS) is 32.8. The van der Waals surface area contributed by atoms with Crippen LogP contribution < -0.4 is 0 Å². The van der Waals surface area contributed by atoms with Gasteiger partial charge in [-0.15, -0.1) is 0 Å². The third kappa shape index (κ3) is 4.82. The Morgan fingerprint density at radius 1 is 0.867 bits per heavy atom. The van der Waals surface area contributed by atoms with E-state index in [1.165, 1.54) is 60.2 Å². The molecule has 0 nitrogen and oxygen atoms in total. The summed E-state index contributed by atoms with van der Waals surface area (Å²) >= 11 is 6.58. The second-order valence-corrected chi connectivity index (χ2v) is 8.08. The van der Waals surface area contributed by atoms with Crippen LogP contribution in [0.1, 0.15) is 25.7 Å². The standard InChI is InChI=1S/C12H22S3/c1-3-11(7-13-5-1)9-15-10-12-4-2-6-14-8-12/h11-12H,1-10H2. The number of hydrogen-bond acceptors (Lipinski definition) is 3. The molecule has 0 N–H and O–H groups in total. The second kappa shape index (κ2) is 7.39. The van der Waals surface area contributed by atoms with Crippen molar-refractivity contribution >= 4 is 35.3 Å². The molecule has 2 atom stereocenters. The third-order valence-corrected chi connectivity index (χ3v) is 7.20. The first-order chi connectivity index (χ1) is 7.45. The molecule has 2 aliphatic heterocycles. The predicted octanol–water partition coefficient (Wildman–Crippen LogP) is 4.01. The summed E-state index contributed by atoms with van der Waals surface area (Å²) in [6.07, 6.45) is 5.93. The summed E-state index contributed by atoms with van der Waals surface area (Å²) in [7, 11) is 0. The summed E-state index contributed by atoms with van der Waals surface area (Å²) < 4.78 is 0. The maximum Gasteiger partial charge on any atom is -0.00311 e. The van der Waals surface area contributed by atoms with Crippen LogP contribution >= 0.6 is 35.3 Å². The van der Waals surface area contributed by atoms with Crippen LogP contribution in [0.4, 0.5) is 0 Å². The molecule has 0 bridgehead atoms. The second-order valence-electron chi connectivity index (χ2n) is 4.70. The first-order valence-corrected chi connectivity index (χ1v) is 9.65. The van der Waals surface area contributed by atoms with Crippen molar-refractivity contribution in [3.63, 3.8) is 0 Å². The van der Waals surface area contributed by atoms with Gasteiger partial charge in [-0.05, 0) is 72.0 Å². The predicted molar refractivity (Wildman–Crippen MR) is 77.4 cm³/mol. The van der Waals surface area contributed by atoms with Gasteiger partial charge in [-0.25, -0.2) is 0 Å². The molecule has 2 aliphatic rings. The monoisotopic (exact) mass is 262 g/mol. The van der Waals surface area contributed by atoms with Crippen molar-refractivity contribution < 1.29 is 0 Å². The van der Waals surface area contributed by atoms with E-state index in [2.05, 4.69) is 35.3 Å². The Labute approximate surface area is 107 Å². The summed E-state index contributed by atoms with van der Waals surface area (Å²) in [5.74, 6) is 10.7. The van der Waals surface area contributed by atoms with Crippen LogP contribution in [0.25, 0.3) is 0 Å². The molecule has 0 amide bonds. The Hall–Kier alpha value is 1.05. The van der Waals surface area contributed by atoms with Crippen molar-refractivity contribution in [2.75, 3.05) is 34.5 Å². The summed E-state index contributed by atoms with van der Waals surface area (Å²) in [6, 6.07) is 0. The van der Waals surface area contributed by atoms with Gasteiger partial charge in [-0.2, -0.15) is 35.3 Å². The quantitative estimate of drug-likeness (QED) is 0.751. The number of rotatable bonds is 4. The number of hydrogen-bond donors (Lipinski definition) is 0. The SMILES string of the molecule is C1CSCC(CSCC2CCCSC2)C1. The van der Waals surface area contributed by atoms with Gasteiger partial charge in [0.15, 0.2) is 0 Å². The molecule has 0 saturated carbocycles. The van der Waals surface area contributed by atoms with Crippen LogP contribution in [0.2, 0.25) is 0 Å². The summed E-state index contributed by atoms with van der Waals surface area (Å²) in [6.45, 7) is 0. The van der Waals surface area contributed by atoms with Crippen molar-refractivity contribution in [1.29, 1.82) is 0 Å². The van der Waals surface area contributed by atoms with E-state index in [0.717, 1.165) is 11.8 Å². The first kappa shape index (κ1) is 12.5. The molecule has 15 heavy (non-hydrogen) atoms.